The molecule has 1 aliphatic heterocycles. The van der Waals surface area contributed by atoms with Gasteiger partial charge < -0.3 is 24.4 Å². The lowest BCUT2D eigenvalue weighted by atomic mass is 10.00. The van der Waals surface area contributed by atoms with Gasteiger partial charge >= 0.3 is 0 Å². The van der Waals surface area contributed by atoms with Crippen LogP contribution in [0.4, 0.5) is 0 Å². The number of hydrogen-bond donors (Lipinski definition) is 1. The SMILES string of the molecule is COCC(=O)N(C)C[C@@H]1Oc2ncc(Br)cc2C(=O)N([C@H](C)CO)C[C@H]1C. The number of fused-ring (bicyclic) bond motifs is 1. The number of carbonyl (C=O) groups is 2. The third-order valence-electron chi connectivity index (χ3n) is 4.64. The molecule has 0 saturated heterocycles. The number of ether oxygens (including phenoxy) is 2. The van der Waals surface area contributed by atoms with E-state index in [1.807, 2.05) is 6.92 Å². The molecule has 2 rings (SSSR count). The van der Waals surface area contributed by atoms with Gasteiger partial charge in [0.15, 0.2) is 0 Å². The van der Waals surface area contributed by atoms with Crippen molar-refractivity contribution < 1.29 is 24.2 Å². The van der Waals surface area contributed by atoms with E-state index in [1.54, 1.807) is 36.0 Å². The van der Waals surface area contributed by atoms with Crippen molar-refractivity contribution in [3.8, 4) is 5.88 Å². The van der Waals surface area contributed by atoms with Crippen molar-refractivity contribution >= 4 is 27.7 Å². The number of amides is 2. The number of hydrogen-bond acceptors (Lipinski definition) is 6. The lowest BCUT2D eigenvalue weighted by molar-refractivity contribution is -0.135. The fraction of sp³-hybridized carbons (Fsp3) is 0.611. The highest BCUT2D eigenvalue weighted by Crippen LogP contribution is 2.28. The summed E-state index contributed by atoms with van der Waals surface area (Å²) in [5.74, 6) is -0.257. The molecule has 0 bridgehead atoms. The standard InChI is InChI=1S/C18H26BrN3O5/c1-11-7-22(12(2)9-23)18(25)14-5-13(19)6-20-17(14)27-15(11)8-21(3)16(24)10-26-4/h5-6,11-12,15,23H,7-10H2,1-4H3/t11-,12-,15+/m1/s1. The van der Waals surface area contributed by atoms with Crippen molar-refractivity contribution in [1.29, 1.82) is 0 Å². The first kappa shape index (κ1) is 21.6. The normalized spacial score (nSPS) is 21.0. The smallest absolute Gasteiger partial charge is 0.259 e. The number of nitrogens with zero attached hydrogens (tertiary/aromatic N) is 3. The average Bonchev–Trinajstić information content (AvgIpc) is 2.64. The number of carbonyl (C=O) groups excluding carboxylic acids is 2. The lowest BCUT2D eigenvalue weighted by Gasteiger charge is -2.37. The van der Waals surface area contributed by atoms with Crippen LogP contribution in [-0.4, -0.2) is 84.3 Å². The van der Waals surface area contributed by atoms with E-state index >= 15 is 0 Å². The summed E-state index contributed by atoms with van der Waals surface area (Å²) in [7, 11) is 3.16. The number of pyridine rings is 1. The van der Waals surface area contributed by atoms with Crippen LogP contribution in [-0.2, 0) is 9.53 Å². The molecule has 2 heterocycles. The van der Waals surface area contributed by atoms with E-state index in [-0.39, 0.29) is 49.0 Å². The van der Waals surface area contributed by atoms with Gasteiger partial charge in [0, 0.05) is 37.3 Å². The highest BCUT2D eigenvalue weighted by Gasteiger charge is 2.34. The number of methoxy groups -OCH3 is 1. The molecule has 1 aromatic heterocycles. The maximum Gasteiger partial charge on any atom is 0.259 e. The molecule has 0 aromatic carbocycles. The zero-order valence-corrected chi connectivity index (χ0v) is 17.6. The summed E-state index contributed by atoms with van der Waals surface area (Å²) in [5, 5.41) is 9.58. The number of likely N-dealkylation sites (N-methyl/N-ethyl adjacent to an activating group) is 1. The van der Waals surface area contributed by atoms with E-state index in [9.17, 15) is 14.7 Å². The molecule has 1 aliphatic rings. The van der Waals surface area contributed by atoms with E-state index < -0.39 is 0 Å². The van der Waals surface area contributed by atoms with Crippen molar-refractivity contribution in [1.82, 2.24) is 14.8 Å². The minimum Gasteiger partial charge on any atom is -0.472 e. The van der Waals surface area contributed by atoms with Gasteiger partial charge in [-0.05, 0) is 28.9 Å². The quantitative estimate of drug-likeness (QED) is 0.709. The molecule has 1 N–H and O–H groups in total. The van der Waals surface area contributed by atoms with E-state index in [4.69, 9.17) is 9.47 Å². The van der Waals surface area contributed by atoms with Gasteiger partial charge in [-0.15, -0.1) is 0 Å². The van der Waals surface area contributed by atoms with Gasteiger partial charge in [0.1, 0.15) is 18.3 Å². The van der Waals surface area contributed by atoms with Crippen molar-refractivity contribution in [3.05, 3.63) is 22.3 Å². The minimum atomic E-state index is -0.371. The van der Waals surface area contributed by atoms with Crippen LogP contribution in [0.3, 0.4) is 0 Å². The van der Waals surface area contributed by atoms with Gasteiger partial charge in [-0.2, -0.15) is 0 Å². The number of aliphatic hydroxyl groups excluding tert-OH is 1. The highest BCUT2D eigenvalue weighted by molar-refractivity contribution is 9.10. The summed E-state index contributed by atoms with van der Waals surface area (Å²) in [5.41, 5.74) is 0.326. The Bertz CT molecular complexity index is 687. The molecule has 1 aromatic rings. The summed E-state index contributed by atoms with van der Waals surface area (Å²) in [4.78, 5) is 32.5. The van der Waals surface area contributed by atoms with E-state index in [0.717, 1.165) is 0 Å². The number of aromatic nitrogens is 1. The Morgan fingerprint density at radius 1 is 1.59 bits per heavy atom. The summed E-state index contributed by atoms with van der Waals surface area (Å²) in [6.45, 7) is 4.31. The van der Waals surface area contributed by atoms with Gasteiger partial charge in [-0.1, -0.05) is 6.92 Å². The van der Waals surface area contributed by atoms with Gasteiger partial charge in [0.05, 0.1) is 19.2 Å². The lowest BCUT2D eigenvalue weighted by Crippen LogP contribution is -2.50. The molecule has 0 aliphatic carbocycles. The Balaban J connectivity index is 2.36. The number of aliphatic hydroxyl groups is 1. The number of halogens is 1. The topological polar surface area (TPSA) is 92.2 Å². The molecule has 9 heteroatoms. The first-order valence-corrected chi connectivity index (χ1v) is 9.54. The summed E-state index contributed by atoms with van der Waals surface area (Å²) in [6, 6.07) is 1.31. The number of rotatable bonds is 6. The maximum absolute atomic E-state index is 13.0. The second kappa shape index (κ2) is 9.48. The van der Waals surface area contributed by atoms with Crippen molar-refractivity contribution in [2.45, 2.75) is 26.0 Å². The van der Waals surface area contributed by atoms with Crippen LogP contribution in [0.15, 0.2) is 16.7 Å². The Kier molecular flexibility index (Phi) is 7.58. The maximum atomic E-state index is 13.0. The van der Waals surface area contributed by atoms with Crippen molar-refractivity contribution in [2.75, 3.05) is 40.5 Å². The van der Waals surface area contributed by atoms with Crippen LogP contribution in [0, 0.1) is 5.92 Å². The second-order valence-corrected chi connectivity index (χ2v) is 7.75. The highest BCUT2D eigenvalue weighted by atomic mass is 79.9. The molecule has 8 nitrogen and oxygen atoms in total. The molecule has 0 radical (unpaired) electrons. The first-order valence-electron chi connectivity index (χ1n) is 8.75. The predicted octanol–water partition coefficient (Wildman–Crippen LogP) is 1.17. The van der Waals surface area contributed by atoms with Crippen LogP contribution < -0.4 is 4.74 Å². The van der Waals surface area contributed by atoms with Crippen molar-refractivity contribution in [3.63, 3.8) is 0 Å². The molecule has 27 heavy (non-hydrogen) atoms. The van der Waals surface area contributed by atoms with Crippen LogP contribution >= 0.6 is 15.9 Å². The summed E-state index contributed by atoms with van der Waals surface area (Å²) >= 11 is 3.34. The zero-order chi connectivity index (χ0) is 20.1. The first-order chi connectivity index (χ1) is 12.8. The second-order valence-electron chi connectivity index (χ2n) is 6.84. The van der Waals surface area contributed by atoms with Crippen LogP contribution in [0.1, 0.15) is 24.2 Å². The van der Waals surface area contributed by atoms with Gasteiger partial charge in [0.2, 0.25) is 11.8 Å². The Morgan fingerprint density at radius 2 is 2.30 bits per heavy atom. The molecular weight excluding hydrogens is 418 g/mol. The van der Waals surface area contributed by atoms with Gasteiger partial charge in [-0.3, -0.25) is 9.59 Å². The van der Waals surface area contributed by atoms with Crippen LogP contribution in [0.5, 0.6) is 5.88 Å². The predicted molar refractivity (Wildman–Crippen MR) is 103 cm³/mol. The molecular formula is C18H26BrN3O5. The molecule has 3 atom stereocenters. The minimum absolute atomic E-state index is 0.00839. The Hall–Kier alpha value is -1.71. The molecule has 2 amide bonds. The Morgan fingerprint density at radius 3 is 2.93 bits per heavy atom. The zero-order valence-electron chi connectivity index (χ0n) is 16.0. The molecule has 0 fully saturated rings. The monoisotopic (exact) mass is 443 g/mol. The fourth-order valence-corrected chi connectivity index (χ4v) is 3.23. The molecule has 0 saturated carbocycles. The third-order valence-corrected chi connectivity index (χ3v) is 5.07. The van der Waals surface area contributed by atoms with Crippen LogP contribution in [0.25, 0.3) is 0 Å². The summed E-state index contributed by atoms with van der Waals surface area (Å²) in [6.07, 6.45) is 1.19. The molecule has 150 valence electrons. The van der Waals surface area contributed by atoms with E-state index in [0.29, 0.717) is 23.1 Å². The van der Waals surface area contributed by atoms with Crippen molar-refractivity contribution in [2.24, 2.45) is 5.92 Å². The van der Waals surface area contributed by atoms with E-state index in [1.165, 1.54) is 7.11 Å². The third kappa shape index (κ3) is 5.18. The van der Waals surface area contributed by atoms with Gasteiger partial charge in [0.25, 0.3) is 5.91 Å². The van der Waals surface area contributed by atoms with Crippen LogP contribution in [0.2, 0.25) is 0 Å². The molecule has 0 unspecified atom stereocenters. The fourth-order valence-electron chi connectivity index (χ4n) is 2.90. The summed E-state index contributed by atoms with van der Waals surface area (Å²) < 4.78 is 11.6. The molecule has 0 spiro atoms. The Labute approximate surface area is 167 Å². The largest absolute Gasteiger partial charge is 0.472 e. The van der Waals surface area contributed by atoms with E-state index in [2.05, 4.69) is 20.9 Å². The average molecular weight is 444 g/mol. The van der Waals surface area contributed by atoms with Gasteiger partial charge in [-0.25, -0.2) is 4.98 Å².